The number of hydrogen-bond acceptors (Lipinski definition) is 7. The molecule has 6 aromatic rings. The molecule has 7 rings (SSSR count). The zero-order valence-electron chi connectivity index (χ0n) is 31.3. The molecule has 0 aliphatic heterocycles. The fourth-order valence-electron chi connectivity index (χ4n) is 6.57. The molecule has 2 atom stereocenters. The predicted molar refractivity (Wildman–Crippen MR) is 214 cm³/mol. The summed E-state index contributed by atoms with van der Waals surface area (Å²) in [4.78, 5) is 25.2. The van der Waals surface area contributed by atoms with Gasteiger partial charge in [0.05, 0.1) is 22.5 Å². The normalized spacial score (nSPS) is 15.4. The number of likely N-dealkylation sites (N-methyl/N-ethyl adjacent to an activating group) is 1. The monoisotopic (exact) mass is 719 g/mol. The maximum Gasteiger partial charge on any atom is 0.324 e. The van der Waals surface area contributed by atoms with Crippen molar-refractivity contribution in [3.63, 3.8) is 0 Å². The van der Waals surface area contributed by atoms with Gasteiger partial charge in [0.1, 0.15) is 29.7 Å². The van der Waals surface area contributed by atoms with E-state index in [1.54, 1.807) is 16.9 Å². The summed E-state index contributed by atoms with van der Waals surface area (Å²) >= 11 is 0. The first-order valence-electron chi connectivity index (χ1n) is 18.2. The zero-order chi connectivity index (χ0) is 37.8. The van der Waals surface area contributed by atoms with Crippen LogP contribution in [0, 0.1) is 19.3 Å². The molecule has 2 unspecified atom stereocenters. The van der Waals surface area contributed by atoms with E-state index in [0.717, 1.165) is 53.0 Å². The number of fused-ring (bicyclic) bond motifs is 1. The van der Waals surface area contributed by atoms with E-state index in [0.29, 0.717) is 41.4 Å². The lowest BCUT2D eigenvalue weighted by molar-refractivity contribution is 0.260. The summed E-state index contributed by atoms with van der Waals surface area (Å²) in [5.74, 6) is 6.51. The second-order valence-corrected chi connectivity index (χ2v) is 14.5. The Morgan fingerprint density at radius 2 is 1.72 bits per heavy atom. The number of urea groups is 1. The number of benzene rings is 4. The number of nitrogens with one attached hydrogen (secondary N) is 2. The Labute approximate surface area is 316 Å². The number of carbonyl (C=O) groups excluding carboxylic acids is 1. The molecule has 2 amide bonds. The second-order valence-electron chi connectivity index (χ2n) is 14.5. The van der Waals surface area contributed by atoms with Gasteiger partial charge in [0.2, 0.25) is 5.88 Å². The lowest BCUT2D eigenvalue weighted by atomic mass is 9.69. The molecule has 2 heterocycles. The van der Waals surface area contributed by atoms with E-state index < -0.39 is 11.4 Å². The maximum atomic E-state index is 13.6. The molecule has 1 aliphatic rings. The highest BCUT2D eigenvalue weighted by molar-refractivity contribution is 6.07. The summed E-state index contributed by atoms with van der Waals surface area (Å²) in [6.45, 7) is 7.36. The standard InChI is InChI=1S/C44H45N7O3/c1-7-44(3,4)39-28-40(51(49-39)31-17-15-29(2)16-18-31)47-43(52)46-37-21-22-38(35-14-9-8-13-34(35)37)54-41-23-24-45-42(48-41)36-20-19-33(36)30-11-10-12-32(27-30)53-26-25-50(5)6/h1,8-18,21-24,27-28,33,36H,19-20,25-26H2,2-6H3,(H2,46,47,52). The van der Waals surface area contributed by atoms with Crippen LogP contribution in [-0.2, 0) is 5.41 Å². The van der Waals surface area contributed by atoms with Crippen LogP contribution in [0.1, 0.15) is 61.2 Å². The number of amides is 2. The van der Waals surface area contributed by atoms with Gasteiger partial charge in [-0.2, -0.15) is 10.1 Å². The van der Waals surface area contributed by atoms with E-state index in [2.05, 4.69) is 44.6 Å². The molecule has 54 heavy (non-hydrogen) atoms. The molecule has 1 fully saturated rings. The Kier molecular flexibility index (Phi) is 10.3. The summed E-state index contributed by atoms with van der Waals surface area (Å²) in [7, 11) is 4.08. The number of aromatic nitrogens is 4. The van der Waals surface area contributed by atoms with Gasteiger partial charge in [0.15, 0.2) is 0 Å². The van der Waals surface area contributed by atoms with Crippen molar-refractivity contribution in [2.24, 2.45) is 0 Å². The Balaban J connectivity index is 1.08. The average molecular weight is 720 g/mol. The van der Waals surface area contributed by atoms with E-state index in [9.17, 15) is 4.79 Å². The molecule has 0 spiro atoms. The molecule has 10 heteroatoms. The van der Waals surface area contributed by atoms with E-state index in [4.69, 9.17) is 26.0 Å². The highest BCUT2D eigenvalue weighted by Crippen LogP contribution is 2.49. The first-order valence-corrected chi connectivity index (χ1v) is 18.2. The van der Waals surface area contributed by atoms with Crippen molar-refractivity contribution >= 4 is 28.3 Å². The summed E-state index contributed by atoms with van der Waals surface area (Å²) in [5.41, 5.74) is 3.81. The fraction of sp³-hybridized carbons (Fsp3) is 0.273. The van der Waals surface area contributed by atoms with Crippen molar-refractivity contribution in [3.05, 3.63) is 126 Å². The van der Waals surface area contributed by atoms with Gasteiger partial charge >= 0.3 is 6.03 Å². The largest absolute Gasteiger partial charge is 0.492 e. The molecule has 1 aliphatic carbocycles. The van der Waals surface area contributed by atoms with Crippen LogP contribution in [-0.4, -0.2) is 57.9 Å². The van der Waals surface area contributed by atoms with Crippen molar-refractivity contribution in [1.29, 1.82) is 0 Å². The van der Waals surface area contributed by atoms with E-state index >= 15 is 0 Å². The smallest absolute Gasteiger partial charge is 0.324 e. The van der Waals surface area contributed by atoms with Crippen LogP contribution in [0.2, 0.25) is 0 Å². The van der Waals surface area contributed by atoms with Gasteiger partial charge < -0.3 is 19.7 Å². The molecule has 274 valence electrons. The number of aryl methyl sites for hydroxylation is 1. The quantitative estimate of drug-likeness (QED) is 0.122. The Morgan fingerprint density at radius 3 is 2.46 bits per heavy atom. The lowest BCUT2D eigenvalue weighted by Crippen LogP contribution is -2.24. The van der Waals surface area contributed by atoms with Gasteiger partial charge in [-0.3, -0.25) is 5.32 Å². The molecule has 4 aromatic carbocycles. The number of rotatable bonds is 12. The van der Waals surface area contributed by atoms with Gasteiger partial charge in [-0.1, -0.05) is 60.0 Å². The highest BCUT2D eigenvalue weighted by atomic mass is 16.5. The number of ether oxygens (including phenoxy) is 2. The Hall–Kier alpha value is -6.18. The van der Waals surface area contributed by atoms with E-state index in [-0.39, 0.29) is 5.92 Å². The van der Waals surface area contributed by atoms with Gasteiger partial charge in [-0.05, 0) is 95.6 Å². The van der Waals surface area contributed by atoms with Gasteiger partial charge in [0.25, 0.3) is 0 Å². The van der Waals surface area contributed by atoms with Gasteiger partial charge in [-0.15, -0.1) is 6.42 Å². The number of terminal acetylenes is 1. The topological polar surface area (TPSA) is 106 Å². The molecule has 0 saturated heterocycles. The third kappa shape index (κ3) is 7.92. The molecular formula is C44H45N7O3. The van der Waals surface area contributed by atoms with Gasteiger partial charge in [-0.25, -0.2) is 14.5 Å². The SMILES string of the molecule is C#CC(C)(C)c1cc(NC(=O)Nc2ccc(Oc3ccnc(C4CCC4c4cccc(OCCN(C)C)c4)n3)c3ccccc23)n(-c2ccc(C)cc2)n1. The Bertz CT molecular complexity index is 2320. The fourth-order valence-corrected chi connectivity index (χ4v) is 6.57. The van der Waals surface area contributed by atoms with Crippen molar-refractivity contribution in [2.75, 3.05) is 37.9 Å². The van der Waals surface area contributed by atoms with E-state index in [1.807, 2.05) is 108 Å². The van der Waals surface area contributed by atoms with Crippen LogP contribution in [0.25, 0.3) is 16.5 Å². The van der Waals surface area contributed by atoms with Crippen LogP contribution in [0.15, 0.2) is 103 Å². The molecule has 10 nitrogen and oxygen atoms in total. The van der Waals surface area contributed by atoms with Crippen LogP contribution in [0.3, 0.4) is 0 Å². The van der Waals surface area contributed by atoms with Crippen LogP contribution in [0.4, 0.5) is 16.3 Å². The third-order valence-corrected chi connectivity index (χ3v) is 9.93. The zero-order valence-corrected chi connectivity index (χ0v) is 31.3. The van der Waals surface area contributed by atoms with Crippen LogP contribution < -0.4 is 20.1 Å². The van der Waals surface area contributed by atoms with Gasteiger partial charge in [0, 0.05) is 41.6 Å². The van der Waals surface area contributed by atoms with E-state index in [1.165, 1.54) is 5.56 Å². The predicted octanol–water partition coefficient (Wildman–Crippen LogP) is 9.07. The van der Waals surface area contributed by atoms with Crippen LogP contribution in [0.5, 0.6) is 17.4 Å². The molecule has 0 radical (unpaired) electrons. The minimum atomic E-state index is -0.633. The summed E-state index contributed by atoms with van der Waals surface area (Å²) in [6.07, 6.45) is 9.65. The number of hydrogen-bond donors (Lipinski definition) is 2. The van der Waals surface area contributed by atoms with Crippen molar-refractivity contribution in [1.82, 2.24) is 24.6 Å². The first kappa shape index (κ1) is 36.2. The molecule has 0 bridgehead atoms. The third-order valence-electron chi connectivity index (χ3n) is 9.93. The number of carbonyl (C=O) groups is 1. The van der Waals surface area contributed by atoms with Crippen molar-refractivity contribution < 1.29 is 14.3 Å². The van der Waals surface area contributed by atoms with Crippen LogP contribution >= 0.6 is 0 Å². The maximum absolute atomic E-state index is 13.6. The number of anilines is 2. The number of nitrogens with zero attached hydrogens (tertiary/aromatic N) is 5. The highest BCUT2D eigenvalue weighted by Gasteiger charge is 2.36. The summed E-state index contributed by atoms with van der Waals surface area (Å²) in [5, 5.41) is 12.4. The minimum absolute atomic E-state index is 0.184. The summed E-state index contributed by atoms with van der Waals surface area (Å²) < 4.78 is 14.1. The lowest BCUT2D eigenvalue weighted by Gasteiger charge is -2.36. The summed E-state index contributed by atoms with van der Waals surface area (Å²) in [6, 6.07) is 30.9. The molecule has 1 saturated carbocycles. The average Bonchev–Trinajstić information content (AvgIpc) is 3.57. The molecule has 2 N–H and O–H groups in total. The second kappa shape index (κ2) is 15.4. The molecular weight excluding hydrogens is 675 g/mol. The Morgan fingerprint density at radius 1 is 0.944 bits per heavy atom. The minimum Gasteiger partial charge on any atom is -0.492 e. The molecule has 2 aromatic heterocycles. The van der Waals surface area contributed by atoms with Crippen molar-refractivity contribution in [3.8, 4) is 35.4 Å². The first-order chi connectivity index (χ1) is 26.1. The van der Waals surface area contributed by atoms with Crippen molar-refractivity contribution in [2.45, 2.75) is 50.9 Å².